The molecule has 1 aromatic heterocycles. The maximum atomic E-state index is 12.6. The number of carbonyl (C=O) groups excluding carboxylic acids is 1. The third-order valence-electron chi connectivity index (χ3n) is 4.46. The third-order valence-corrected chi connectivity index (χ3v) is 4.46. The first kappa shape index (κ1) is 19.3. The highest BCUT2D eigenvalue weighted by atomic mass is 16.6. The second-order valence-electron chi connectivity index (χ2n) is 6.44. The summed E-state index contributed by atoms with van der Waals surface area (Å²) in [7, 11) is 0. The summed E-state index contributed by atoms with van der Waals surface area (Å²) in [6.07, 6.45) is 0.181. The Bertz CT molecular complexity index is 1020. The van der Waals surface area contributed by atoms with Crippen LogP contribution in [0.1, 0.15) is 39.8 Å². The van der Waals surface area contributed by atoms with Crippen LogP contribution in [-0.4, -0.2) is 27.3 Å². The Morgan fingerprint density at radius 3 is 2.46 bits per heavy atom. The second-order valence-corrected chi connectivity index (χ2v) is 6.44. The number of rotatable bonds is 6. The smallest absolute Gasteiger partial charge is 0.341 e. The zero-order chi connectivity index (χ0) is 20.3. The van der Waals surface area contributed by atoms with E-state index in [9.17, 15) is 14.9 Å². The summed E-state index contributed by atoms with van der Waals surface area (Å²) in [4.78, 5) is 23.6. The Hall–Kier alpha value is -3.48. The number of aromatic nitrogens is 2. The van der Waals surface area contributed by atoms with Gasteiger partial charge in [-0.3, -0.25) is 10.1 Å². The van der Waals surface area contributed by atoms with Gasteiger partial charge in [0.2, 0.25) is 0 Å². The molecule has 3 aromatic rings. The van der Waals surface area contributed by atoms with Gasteiger partial charge in [-0.05, 0) is 32.9 Å². The quantitative estimate of drug-likeness (QED) is 0.364. The van der Waals surface area contributed by atoms with Gasteiger partial charge in [0.15, 0.2) is 0 Å². The lowest BCUT2D eigenvalue weighted by Crippen LogP contribution is -2.11. The molecule has 0 saturated heterocycles. The number of nitrogens with zero attached hydrogens (tertiary/aromatic N) is 3. The van der Waals surface area contributed by atoms with Gasteiger partial charge in [0.1, 0.15) is 5.56 Å². The molecular weight excluding hydrogens is 358 g/mol. The van der Waals surface area contributed by atoms with E-state index in [0.29, 0.717) is 22.5 Å². The van der Waals surface area contributed by atoms with Gasteiger partial charge >= 0.3 is 5.97 Å². The van der Waals surface area contributed by atoms with E-state index < -0.39 is 10.9 Å². The van der Waals surface area contributed by atoms with Gasteiger partial charge in [-0.25, -0.2) is 9.48 Å². The van der Waals surface area contributed by atoms with Crippen molar-refractivity contribution in [3.63, 3.8) is 0 Å². The fraction of sp³-hybridized carbons (Fsp3) is 0.238. The molecule has 28 heavy (non-hydrogen) atoms. The van der Waals surface area contributed by atoms with E-state index in [4.69, 9.17) is 4.74 Å². The zero-order valence-corrected chi connectivity index (χ0v) is 16.0. The molecule has 0 atom stereocenters. The third kappa shape index (κ3) is 3.78. The first-order valence-corrected chi connectivity index (χ1v) is 8.97. The van der Waals surface area contributed by atoms with Gasteiger partial charge in [0.25, 0.3) is 5.69 Å². The van der Waals surface area contributed by atoms with Crippen molar-refractivity contribution >= 4 is 11.7 Å². The standard InChI is InChI=1S/C21H21N3O4/c1-4-28-21(25)20-15(3)22-23(17-11-9-14(2)10-12-17)19(20)13-16-7-5-6-8-18(16)24(26)27/h5-12H,4,13H2,1-3H3. The Labute approximate surface area is 162 Å². The van der Waals surface area contributed by atoms with Gasteiger partial charge in [0, 0.05) is 18.1 Å². The fourth-order valence-corrected chi connectivity index (χ4v) is 3.13. The molecule has 0 fully saturated rings. The Balaban J connectivity index is 2.18. The number of benzene rings is 2. The van der Waals surface area contributed by atoms with E-state index >= 15 is 0 Å². The second kappa shape index (κ2) is 8.04. The topological polar surface area (TPSA) is 87.3 Å². The van der Waals surface area contributed by atoms with Crippen LogP contribution < -0.4 is 0 Å². The van der Waals surface area contributed by atoms with Crippen molar-refractivity contribution in [2.45, 2.75) is 27.2 Å². The number of nitro benzene ring substituents is 1. The van der Waals surface area contributed by atoms with Crippen molar-refractivity contribution in [1.82, 2.24) is 9.78 Å². The van der Waals surface area contributed by atoms with Crippen LogP contribution in [0.5, 0.6) is 0 Å². The molecule has 0 aliphatic carbocycles. The minimum absolute atomic E-state index is 0.00613. The first-order valence-electron chi connectivity index (χ1n) is 8.97. The van der Waals surface area contributed by atoms with Gasteiger partial charge in [-0.2, -0.15) is 5.10 Å². The van der Waals surface area contributed by atoms with Crippen molar-refractivity contribution in [1.29, 1.82) is 0 Å². The molecule has 0 amide bonds. The molecule has 0 saturated carbocycles. The lowest BCUT2D eigenvalue weighted by molar-refractivity contribution is -0.385. The van der Waals surface area contributed by atoms with Crippen LogP contribution in [0.4, 0.5) is 5.69 Å². The maximum absolute atomic E-state index is 12.6. The largest absolute Gasteiger partial charge is 0.462 e. The molecule has 0 bridgehead atoms. The van der Waals surface area contributed by atoms with Crippen molar-refractivity contribution in [2.75, 3.05) is 6.61 Å². The lowest BCUT2D eigenvalue weighted by atomic mass is 10.0. The van der Waals surface area contributed by atoms with Gasteiger partial charge in [0.05, 0.1) is 28.6 Å². The number of hydrogen-bond donors (Lipinski definition) is 0. The summed E-state index contributed by atoms with van der Waals surface area (Å²) in [6.45, 7) is 5.69. The van der Waals surface area contributed by atoms with E-state index in [1.807, 2.05) is 31.2 Å². The summed E-state index contributed by atoms with van der Waals surface area (Å²) < 4.78 is 6.87. The Morgan fingerprint density at radius 1 is 1.14 bits per heavy atom. The predicted molar refractivity (Wildman–Crippen MR) is 105 cm³/mol. The van der Waals surface area contributed by atoms with E-state index in [1.54, 1.807) is 36.7 Å². The van der Waals surface area contributed by atoms with E-state index in [1.165, 1.54) is 6.07 Å². The van der Waals surface area contributed by atoms with Crippen molar-refractivity contribution < 1.29 is 14.5 Å². The number of carbonyl (C=O) groups is 1. The average molecular weight is 379 g/mol. The van der Waals surface area contributed by atoms with Crippen molar-refractivity contribution in [3.05, 3.63) is 86.7 Å². The van der Waals surface area contributed by atoms with E-state index in [0.717, 1.165) is 11.3 Å². The minimum Gasteiger partial charge on any atom is -0.462 e. The molecule has 0 N–H and O–H groups in total. The van der Waals surface area contributed by atoms with Crippen LogP contribution in [0.2, 0.25) is 0 Å². The average Bonchev–Trinajstić information content (AvgIpc) is 2.99. The highest BCUT2D eigenvalue weighted by molar-refractivity contribution is 5.92. The minimum atomic E-state index is -0.480. The number of para-hydroxylation sites is 1. The van der Waals surface area contributed by atoms with Crippen LogP contribution >= 0.6 is 0 Å². The van der Waals surface area contributed by atoms with Crippen LogP contribution in [0, 0.1) is 24.0 Å². The van der Waals surface area contributed by atoms with E-state index in [-0.39, 0.29) is 18.7 Å². The number of aryl methyl sites for hydroxylation is 2. The summed E-state index contributed by atoms with van der Waals surface area (Å²) in [6, 6.07) is 14.2. The summed E-state index contributed by atoms with van der Waals surface area (Å²) >= 11 is 0. The monoisotopic (exact) mass is 379 g/mol. The van der Waals surface area contributed by atoms with Crippen LogP contribution in [0.3, 0.4) is 0 Å². The Morgan fingerprint density at radius 2 is 1.82 bits per heavy atom. The fourth-order valence-electron chi connectivity index (χ4n) is 3.13. The molecule has 0 aliphatic rings. The molecule has 0 spiro atoms. The predicted octanol–water partition coefficient (Wildman–Crippen LogP) is 4.16. The SMILES string of the molecule is CCOC(=O)c1c(C)nn(-c2ccc(C)cc2)c1Cc1ccccc1[N+](=O)[O-]. The molecule has 2 aromatic carbocycles. The molecule has 7 nitrogen and oxygen atoms in total. The summed E-state index contributed by atoms with van der Waals surface area (Å²) in [5, 5.41) is 16.0. The number of ether oxygens (including phenoxy) is 1. The molecule has 1 heterocycles. The number of hydrogen-bond acceptors (Lipinski definition) is 5. The first-order chi connectivity index (χ1) is 13.4. The highest BCUT2D eigenvalue weighted by Crippen LogP contribution is 2.27. The molecule has 0 aliphatic heterocycles. The van der Waals surface area contributed by atoms with E-state index in [2.05, 4.69) is 5.10 Å². The summed E-state index contributed by atoms with van der Waals surface area (Å²) in [5.41, 5.74) is 3.82. The lowest BCUT2D eigenvalue weighted by Gasteiger charge is -2.10. The molecule has 7 heteroatoms. The zero-order valence-electron chi connectivity index (χ0n) is 16.0. The highest BCUT2D eigenvalue weighted by Gasteiger charge is 2.25. The van der Waals surface area contributed by atoms with Crippen molar-refractivity contribution in [2.24, 2.45) is 0 Å². The van der Waals surface area contributed by atoms with Gasteiger partial charge in [-0.15, -0.1) is 0 Å². The molecule has 144 valence electrons. The van der Waals surface area contributed by atoms with Gasteiger partial charge < -0.3 is 4.74 Å². The van der Waals surface area contributed by atoms with Crippen LogP contribution in [-0.2, 0) is 11.2 Å². The van der Waals surface area contributed by atoms with Crippen molar-refractivity contribution in [3.8, 4) is 5.69 Å². The normalized spacial score (nSPS) is 10.7. The molecule has 3 rings (SSSR count). The number of esters is 1. The van der Waals surface area contributed by atoms with Crippen LogP contribution in [0.25, 0.3) is 5.69 Å². The number of nitro groups is 1. The van der Waals surface area contributed by atoms with Crippen LogP contribution in [0.15, 0.2) is 48.5 Å². The molecular formula is C21H21N3O4. The maximum Gasteiger partial charge on any atom is 0.341 e. The Kier molecular flexibility index (Phi) is 5.54. The molecule has 0 radical (unpaired) electrons. The van der Waals surface area contributed by atoms with Gasteiger partial charge in [-0.1, -0.05) is 35.9 Å². The summed E-state index contributed by atoms with van der Waals surface area (Å²) in [5.74, 6) is -0.480. The molecule has 0 unspecified atom stereocenters.